The molecule has 23 heavy (non-hydrogen) atoms. The Morgan fingerprint density at radius 2 is 0.826 bits per heavy atom. The Morgan fingerprint density at radius 1 is 0.522 bits per heavy atom. The second-order valence-corrected chi connectivity index (χ2v) is 4.00. The SMILES string of the molecule is C=C.C=C.c1ccc2c(c1)OCCO2.c1ccc2c(c1)OCO2. The molecule has 0 aromatic heterocycles. The molecule has 2 aromatic carbocycles. The number of benzene rings is 2. The topological polar surface area (TPSA) is 36.9 Å². The summed E-state index contributed by atoms with van der Waals surface area (Å²) in [5.41, 5.74) is 0. The zero-order valence-electron chi connectivity index (χ0n) is 13.2. The Balaban J connectivity index is 0.000000190. The van der Waals surface area contributed by atoms with Gasteiger partial charge in [0.05, 0.1) is 0 Å². The number of fused-ring (bicyclic) bond motifs is 2. The van der Waals surface area contributed by atoms with E-state index in [2.05, 4.69) is 26.3 Å². The van der Waals surface area contributed by atoms with Crippen molar-refractivity contribution in [2.24, 2.45) is 0 Å². The predicted molar refractivity (Wildman–Crippen MR) is 92.5 cm³/mol. The van der Waals surface area contributed by atoms with E-state index in [0.717, 1.165) is 23.0 Å². The lowest BCUT2D eigenvalue weighted by Gasteiger charge is -2.17. The number of para-hydroxylation sites is 4. The highest BCUT2D eigenvalue weighted by molar-refractivity contribution is 5.41. The average Bonchev–Trinajstić information content (AvgIpc) is 3.14. The molecule has 0 spiro atoms. The normalized spacial score (nSPS) is 12.2. The van der Waals surface area contributed by atoms with Crippen molar-refractivity contribution in [3.05, 3.63) is 74.8 Å². The fourth-order valence-corrected chi connectivity index (χ4v) is 1.84. The monoisotopic (exact) mass is 314 g/mol. The molecule has 0 amide bonds. The van der Waals surface area contributed by atoms with E-state index in [9.17, 15) is 0 Å². The van der Waals surface area contributed by atoms with Crippen molar-refractivity contribution >= 4 is 0 Å². The Labute approximate surface area is 137 Å². The lowest BCUT2D eigenvalue weighted by atomic mass is 10.3. The van der Waals surface area contributed by atoms with Crippen molar-refractivity contribution in [3.8, 4) is 23.0 Å². The molecule has 2 aliphatic rings. The molecule has 2 aliphatic heterocycles. The zero-order chi connectivity index (χ0) is 16.9. The first-order chi connectivity index (χ1) is 11.4. The van der Waals surface area contributed by atoms with Gasteiger partial charge in [0.1, 0.15) is 13.2 Å². The molecule has 0 fully saturated rings. The first-order valence-corrected chi connectivity index (χ1v) is 7.13. The van der Waals surface area contributed by atoms with E-state index in [1.54, 1.807) is 0 Å². The summed E-state index contributed by atoms with van der Waals surface area (Å²) < 4.78 is 20.7. The molecule has 0 atom stereocenters. The van der Waals surface area contributed by atoms with Crippen LogP contribution in [-0.2, 0) is 0 Å². The second-order valence-electron chi connectivity index (χ2n) is 4.00. The minimum Gasteiger partial charge on any atom is -0.486 e. The van der Waals surface area contributed by atoms with Gasteiger partial charge in [-0.1, -0.05) is 24.3 Å². The van der Waals surface area contributed by atoms with Gasteiger partial charge in [0.2, 0.25) is 6.79 Å². The van der Waals surface area contributed by atoms with E-state index < -0.39 is 0 Å². The molecule has 4 heteroatoms. The quantitative estimate of drug-likeness (QED) is 0.672. The van der Waals surface area contributed by atoms with Crippen molar-refractivity contribution in [2.45, 2.75) is 0 Å². The van der Waals surface area contributed by atoms with Gasteiger partial charge in [-0.05, 0) is 24.3 Å². The second kappa shape index (κ2) is 10.8. The largest absolute Gasteiger partial charge is 0.486 e. The molecule has 2 aromatic rings. The lowest BCUT2D eigenvalue weighted by Crippen LogP contribution is -2.14. The molecule has 0 radical (unpaired) electrons. The van der Waals surface area contributed by atoms with Gasteiger partial charge >= 0.3 is 0 Å². The summed E-state index contributed by atoms with van der Waals surface area (Å²) in [5, 5.41) is 0. The Hall–Kier alpha value is -2.88. The van der Waals surface area contributed by atoms with Gasteiger partial charge in [-0.2, -0.15) is 0 Å². The fraction of sp³-hybridized carbons (Fsp3) is 0.158. The summed E-state index contributed by atoms with van der Waals surface area (Å²) in [7, 11) is 0. The van der Waals surface area contributed by atoms with Crippen LogP contribution in [0.4, 0.5) is 0 Å². The molecule has 2 heterocycles. The van der Waals surface area contributed by atoms with Crippen LogP contribution in [0.15, 0.2) is 74.8 Å². The maximum atomic E-state index is 5.30. The highest BCUT2D eigenvalue weighted by atomic mass is 16.7. The Bertz CT molecular complexity index is 533. The minimum absolute atomic E-state index is 0.360. The lowest BCUT2D eigenvalue weighted by molar-refractivity contribution is 0.171. The van der Waals surface area contributed by atoms with E-state index >= 15 is 0 Å². The van der Waals surface area contributed by atoms with E-state index in [0.29, 0.717) is 20.0 Å². The van der Waals surface area contributed by atoms with Crippen LogP contribution in [0, 0.1) is 0 Å². The van der Waals surface area contributed by atoms with E-state index in [4.69, 9.17) is 18.9 Å². The van der Waals surface area contributed by atoms with E-state index in [-0.39, 0.29) is 0 Å². The number of ether oxygens (including phenoxy) is 4. The van der Waals surface area contributed by atoms with Gasteiger partial charge in [-0.25, -0.2) is 0 Å². The third-order valence-corrected chi connectivity index (χ3v) is 2.73. The van der Waals surface area contributed by atoms with Crippen LogP contribution in [0.2, 0.25) is 0 Å². The maximum absolute atomic E-state index is 5.30. The molecule has 4 rings (SSSR count). The molecular weight excluding hydrogens is 292 g/mol. The van der Waals surface area contributed by atoms with Crippen LogP contribution >= 0.6 is 0 Å². The number of hydrogen-bond acceptors (Lipinski definition) is 4. The summed E-state index contributed by atoms with van der Waals surface area (Å²) in [6.07, 6.45) is 0. The van der Waals surface area contributed by atoms with Gasteiger partial charge in [0, 0.05) is 0 Å². The van der Waals surface area contributed by atoms with Gasteiger partial charge in [-0.15, -0.1) is 26.3 Å². The van der Waals surface area contributed by atoms with Gasteiger partial charge < -0.3 is 18.9 Å². The summed E-state index contributed by atoms with van der Waals surface area (Å²) in [4.78, 5) is 0. The third kappa shape index (κ3) is 5.43. The summed E-state index contributed by atoms with van der Waals surface area (Å²) in [5.74, 6) is 3.40. The first-order valence-electron chi connectivity index (χ1n) is 7.13. The molecule has 0 saturated heterocycles. The van der Waals surface area contributed by atoms with Crippen molar-refractivity contribution < 1.29 is 18.9 Å². The number of rotatable bonds is 0. The van der Waals surface area contributed by atoms with Crippen LogP contribution in [-0.4, -0.2) is 20.0 Å². The van der Waals surface area contributed by atoms with Crippen molar-refractivity contribution in [1.82, 2.24) is 0 Å². The van der Waals surface area contributed by atoms with Crippen LogP contribution in [0.25, 0.3) is 0 Å². The fourth-order valence-electron chi connectivity index (χ4n) is 1.84. The maximum Gasteiger partial charge on any atom is 0.231 e. The minimum atomic E-state index is 0.360. The van der Waals surface area contributed by atoms with Gasteiger partial charge in [0.15, 0.2) is 23.0 Å². The van der Waals surface area contributed by atoms with Crippen molar-refractivity contribution in [2.75, 3.05) is 20.0 Å². The first kappa shape index (κ1) is 18.2. The molecule has 4 nitrogen and oxygen atoms in total. The van der Waals surface area contributed by atoms with Crippen molar-refractivity contribution in [1.29, 1.82) is 0 Å². The summed E-state index contributed by atoms with van der Waals surface area (Å²) >= 11 is 0. The average molecular weight is 314 g/mol. The number of hydrogen-bond donors (Lipinski definition) is 0. The third-order valence-electron chi connectivity index (χ3n) is 2.73. The molecule has 122 valence electrons. The standard InChI is InChI=1S/C8H8O2.C7H6O2.2C2H4/c1-2-4-8-7(3-1)9-5-6-10-8;1-2-4-7-6(3-1)8-5-9-7;2*1-2/h1-4H,5-6H2;1-4H,5H2;2*1-2H2. The zero-order valence-corrected chi connectivity index (χ0v) is 13.2. The molecule has 0 saturated carbocycles. The molecule has 0 bridgehead atoms. The van der Waals surface area contributed by atoms with Crippen LogP contribution in [0.1, 0.15) is 0 Å². The van der Waals surface area contributed by atoms with Crippen molar-refractivity contribution in [3.63, 3.8) is 0 Å². The Morgan fingerprint density at radius 3 is 1.17 bits per heavy atom. The van der Waals surface area contributed by atoms with E-state index in [1.807, 2.05) is 48.5 Å². The van der Waals surface area contributed by atoms with Gasteiger partial charge in [0.25, 0.3) is 0 Å². The summed E-state index contributed by atoms with van der Waals surface area (Å²) in [6, 6.07) is 15.3. The predicted octanol–water partition coefficient (Wildman–Crippen LogP) is 4.48. The molecule has 0 unspecified atom stereocenters. The smallest absolute Gasteiger partial charge is 0.231 e. The van der Waals surface area contributed by atoms with Gasteiger partial charge in [-0.3, -0.25) is 0 Å². The Kier molecular flexibility index (Phi) is 8.52. The summed E-state index contributed by atoms with van der Waals surface area (Å²) in [6.45, 7) is 13.7. The van der Waals surface area contributed by atoms with Crippen LogP contribution in [0.5, 0.6) is 23.0 Å². The molecular formula is C19H22O4. The van der Waals surface area contributed by atoms with Crippen LogP contribution in [0.3, 0.4) is 0 Å². The highest BCUT2D eigenvalue weighted by Gasteiger charge is 2.09. The van der Waals surface area contributed by atoms with E-state index in [1.165, 1.54) is 0 Å². The highest BCUT2D eigenvalue weighted by Crippen LogP contribution is 2.30. The molecule has 0 aliphatic carbocycles. The van der Waals surface area contributed by atoms with Crippen LogP contribution < -0.4 is 18.9 Å². The molecule has 0 N–H and O–H groups in total.